The molecule has 122 valence electrons. The lowest BCUT2D eigenvalue weighted by atomic mass is 10.1. The fourth-order valence-corrected chi connectivity index (χ4v) is 2.46. The average molecular weight is 376 g/mol. The van der Waals surface area contributed by atoms with Crippen molar-refractivity contribution in [3.05, 3.63) is 16.1 Å². The van der Waals surface area contributed by atoms with Crippen LogP contribution < -0.4 is 19.5 Å². The van der Waals surface area contributed by atoms with E-state index in [0.29, 0.717) is 33.7 Å². The van der Waals surface area contributed by atoms with E-state index in [2.05, 4.69) is 21.2 Å². The van der Waals surface area contributed by atoms with Gasteiger partial charge in [0.1, 0.15) is 0 Å². The first-order valence-electron chi connectivity index (χ1n) is 6.44. The summed E-state index contributed by atoms with van der Waals surface area (Å²) in [5, 5.41) is 11.2. The number of hydrogen-bond acceptors (Lipinski definition) is 5. The Labute approximate surface area is 136 Å². The van der Waals surface area contributed by atoms with Crippen LogP contribution in [-0.2, 0) is 4.79 Å². The lowest BCUT2D eigenvalue weighted by molar-refractivity contribution is -0.137. The van der Waals surface area contributed by atoms with Gasteiger partial charge in [-0.05, 0) is 28.4 Å². The molecule has 1 rings (SSSR count). The number of carbonyl (C=O) groups excluding carboxylic acids is 1. The Kier molecular flexibility index (Phi) is 6.97. The Morgan fingerprint density at radius 3 is 2.32 bits per heavy atom. The van der Waals surface area contributed by atoms with Gasteiger partial charge >= 0.3 is 5.97 Å². The Morgan fingerprint density at radius 2 is 1.82 bits per heavy atom. The summed E-state index contributed by atoms with van der Waals surface area (Å²) in [5.74, 6) is -0.185. The van der Waals surface area contributed by atoms with Gasteiger partial charge in [0.15, 0.2) is 11.5 Å². The van der Waals surface area contributed by atoms with Gasteiger partial charge in [0.25, 0.3) is 5.91 Å². The van der Waals surface area contributed by atoms with Gasteiger partial charge in [0.05, 0.1) is 31.4 Å². The minimum atomic E-state index is -0.900. The van der Waals surface area contributed by atoms with Gasteiger partial charge in [-0.3, -0.25) is 9.59 Å². The number of carboxylic acid groups (broad SMARTS) is 1. The molecule has 1 amide bonds. The smallest absolute Gasteiger partial charge is 0.303 e. The molecule has 0 aliphatic carbocycles. The van der Waals surface area contributed by atoms with Crippen molar-refractivity contribution in [2.75, 3.05) is 27.9 Å². The quantitative estimate of drug-likeness (QED) is 0.675. The van der Waals surface area contributed by atoms with E-state index in [1.54, 1.807) is 0 Å². The minimum absolute atomic E-state index is 0.00327. The molecule has 7 nitrogen and oxygen atoms in total. The van der Waals surface area contributed by atoms with Gasteiger partial charge in [-0.25, -0.2) is 0 Å². The van der Waals surface area contributed by atoms with Crippen molar-refractivity contribution in [1.82, 2.24) is 5.32 Å². The Bertz CT molecular complexity index is 561. The fraction of sp³-hybridized carbons (Fsp3) is 0.429. The van der Waals surface area contributed by atoms with Crippen molar-refractivity contribution < 1.29 is 28.9 Å². The number of methoxy groups -OCH3 is 3. The second-order valence-electron chi connectivity index (χ2n) is 4.26. The predicted molar refractivity (Wildman–Crippen MR) is 83.0 cm³/mol. The van der Waals surface area contributed by atoms with E-state index in [1.165, 1.54) is 27.4 Å². The fourth-order valence-electron chi connectivity index (χ4n) is 1.82. The first-order valence-corrected chi connectivity index (χ1v) is 7.24. The molecule has 0 aliphatic rings. The zero-order chi connectivity index (χ0) is 16.7. The number of ether oxygens (including phenoxy) is 3. The molecule has 0 heterocycles. The van der Waals surface area contributed by atoms with E-state index in [0.717, 1.165) is 0 Å². The Hall–Kier alpha value is -1.96. The third-order valence-electron chi connectivity index (χ3n) is 2.87. The molecule has 8 heteroatoms. The lowest BCUT2D eigenvalue weighted by Gasteiger charge is -2.16. The van der Waals surface area contributed by atoms with E-state index in [-0.39, 0.29) is 18.9 Å². The second-order valence-corrected chi connectivity index (χ2v) is 5.05. The van der Waals surface area contributed by atoms with Crippen molar-refractivity contribution in [2.24, 2.45) is 0 Å². The van der Waals surface area contributed by atoms with E-state index in [9.17, 15) is 9.59 Å². The van der Waals surface area contributed by atoms with Gasteiger partial charge in [0, 0.05) is 13.0 Å². The molecular weight excluding hydrogens is 358 g/mol. The topological polar surface area (TPSA) is 94.1 Å². The van der Waals surface area contributed by atoms with Gasteiger partial charge in [0.2, 0.25) is 5.75 Å². The number of hydrogen-bond donors (Lipinski definition) is 2. The number of amides is 1. The van der Waals surface area contributed by atoms with Crippen LogP contribution in [0.5, 0.6) is 17.2 Å². The van der Waals surface area contributed by atoms with E-state index < -0.39 is 5.97 Å². The van der Waals surface area contributed by atoms with E-state index >= 15 is 0 Å². The van der Waals surface area contributed by atoms with E-state index in [1.807, 2.05) is 0 Å². The highest BCUT2D eigenvalue weighted by Crippen LogP contribution is 2.44. The molecule has 1 aromatic carbocycles. The number of halogens is 1. The molecule has 0 saturated heterocycles. The molecule has 0 bridgehead atoms. The Morgan fingerprint density at radius 1 is 1.18 bits per heavy atom. The maximum Gasteiger partial charge on any atom is 0.303 e. The number of nitrogens with one attached hydrogen (secondary N) is 1. The summed E-state index contributed by atoms with van der Waals surface area (Å²) in [7, 11) is 4.38. The first kappa shape index (κ1) is 18.1. The minimum Gasteiger partial charge on any atom is -0.493 e. The van der Waals surface area contributed by atoms with Crippen molar-refractivity contribution in [3.8, 4) is 17.2 Å². The van der Waals surface area contributed by atoms with Crippen LogP contribution in [0.4, 0.5) is 0 Å². The monoisotopic (exact) mass is 375 g/mol. The maximum absolute atomic E-state index is 12.2. The van der Waals surface area contributed by atoms with Crippen LogP contribution in [0.3, 0.4) is 0 Å². The van der Waals surface area contributed by atoms with Crippen LogP contribution in [0, 0.1) is 0 Å². The number of carboxylic acids is 1. The standard InChI is InChI=1S/C14H18BrNO6/c1-20-9-7-8(11(15)13(22-3)12(9)21-2)14(19)16-6-4-5-10(17)18/h7H,4-6H2,1-3H3,(H,16,19)(H,17,18). The SMILES string of the molecule is COc1cc(C(=O)NCCCC(=O)O)c(Br)c(OC)c1OC. The molecule has 0 unspecified atom stereocenters. The normalized spacial score (nSPS) is 10.0. The molecule has 0 aliphatic heterocycles. The van der Waals surface area contributed by atoms with Crippen LogP contribution in [-0.4, -0.2) is 44.9 Å². The highest BCUT2D eigenvalue weighted by molar-refractivity contribution is 9.10. The summed E-state index contributed by atoms with van der Waals surface area (Å²) in [6, 6.07) is 1.53. The van der Waals surface area contributed by atoms with Crippen molar-refractivity contribution in [1.29, 1.82) is 0 Å². The largest absolute Gasteiger partial charge is 0.493 e. The average Bonchev–Trinajstić information content (AvgIpc) is 2.50. The second kappa shape index (κ2) is 8.47. The first-order chi connectivity index (χ1) is 10.5. The Balaban J connectivity index is 2.98. The summed E-state index contributed by atoms with van der Waals surface area (Å²) in [4.78, 5) is 22.6. The lowest BCUT2D eigenvalue weighted by Crippen LogP contribution is -2.25. The molecular formula is C14H18BrNO6. The van der Waals surface area contributed by atoms with Gasteiger partial charge in [-0.15, -0.1) is 0 Å². The number of rotatable bonds is 8. The predicted octanol–water partition coefficient (Wildman–Crippen LogP) is 2.07. The number of benzene rings is 1. The van der Waals surface area contributed by atoms with Crippen LogP contribution in [0.25, 0.3) is 0 Å². The summed E-state index contributed by atoms with van der Waals surface area (Å²) in [6.07, 6.45) is 0.347. The van der Waals surface area contributed by atoms with E-state index in [4.69, 9.17) is 19.3 Å². The number of carbonyl (C=O) groups is 2. The molecule has 0 fully saturated rings. The highest BCUT2D eigenvalue weighted by Gasteiger charge is 2.22. The maximum atomic E-state index is 12.2. The zero-order valence-electron chi connectivity index (χ0n) is 12.6. The molecule has 22 heavy (non-hydrogen) atoms. The van der Waals surface area contributed by atoms with Gasteiger partial charge in [-0.2, -0.15) is 0 Å². The molecule has 0 saturated carbocycles. The molecule has 1 aromatic rings. The van der Waals surface area contributed by atoms with Crippen LogP contribution in [0.15, 0.2) is 10.5 Å². The van der Waals surface area contributed by atoms with Crippen molar-refractivity contribution in [2.45, 2.75) is 12.8 Å². The van der Waals surface area contributed by atoms with Crippen molar-refractivity contribution in [3.63, 3.8) is 0 Å². The zero-order valence-corrected chi connectivity index (χ0v) is 14.2. The summed E-state index contributed by atoms with van der Waals surface area (Å²) in [5.41, 5.74) is 0.310. The summed E-state index contributed by atoms with van der Waals surface area (Å²) < 4.78 is 16.1. The molecule has 0 spiro atoms. The van der Waals surface area contributed by atoms with Gasteiger partial charge in [-0.1, -0.05) is 0 Å². The molecule has 2 N–H and O–H groups in total. The van der Waals surface area contributed by atoms with Crippen LogP contribution in [0.2, 0.25) is 0 Å². The number of aliphatic carboxylic acids is 1. The molecule has 0 atom stereocenters. The van der Waals surface area contributed by atoms with Crippen LogP contribution in [0.1, 0.15) is 23.2 Å². The van der Waals surface area contributed by atoms with Gasteiger partial charge < -0.3 is 24.6 Å². The molecule has 0 aromatic heterocycles. The third kappa shape index (κ3) is 4.27. The summed E-state index contributed by atoms with van der Waals surface area (Å²) >= 11 is 3.31. The van der Waals surface area contributed by atoms with Crippen LogP contribution >= 0.6 is 15.9 Å². The highest BCUT2D eigenvalue weighted by atomic mass is 79.9. The van der Waals surface area contributed by atoms with Crippen molar-refractivity contribution >= 4 is 27.8 Å². The third-order valence-corrected chi connectivity index (χ3v) is 3.65. The molecule has 0 radical (unpaired) electrons. The summed E-state index contributed by atoms with van der Waals surface area (Å²) in [6.45, 7) is 0.258.